The summed E-state index contributed by atoms with van der Waals surface area (Å²) in [5.74, 6) is 2.37. The molecule has 0 radical (unpaired) electrons. The van der Waals surface area contributed by atoms with E-state index in [9.17, 15) is 19.2 Å². The zero-order valence-corrected chi connectivity index (χ0v) is 32.4. The van der Waals surface area contributed by atoms with E-state index in [0.717, 1.165) is 24.2 Å². The molecule has 304 valence electrons. The molecule has 7 heterocycles. The van der Waals surface area contributed by atoms with Crippen LogP contribution in [0.25, 0.3) is 0 Å². The van der Waals surface area contributed by atoms with E-state index >= 15 is 0 Å². The fourth-order valence-corrected chi connectivity index (χ4v) is 9.28. The van der Waals surface area contributed by atoms with E-state index in [2.05, 4.69) is 0 Å². The third-order valence-corrected chi connectivity index (χ3v) is 11.9. The van der Waals surface area contributed by atoms with Gasteiger partial charge in [0.1, 0.15) is 26.4 Å². The first-order valence-corrected chi connectivity index (χ1v) is 20.3. The van der Waals surface area contributed by atoms with Crippen molar-refractivity contribution in [3.63, 3.8) is 0 Å². The van der Waals surface area contributed by atoms with Gasteiger partial charge in [-0.1, -0.05) is 12.1 Å². The van der Waals surface area contributed by atoms with Gasteiger partial charge in [-0.2, -0.15) is 0 Å². The van der Waals surface area contributed by atoms with E-state index in [1.54, 1.807) is 60.7 Å². The number of hydrogen-bond acceptors (Lipinski definition) is 10. The number of benzene rings is 2. The lowest BCUT2D eigenvalue weighted by Gasteiger charge is -2.42. The fourth-order valence-electron chi connectivity index (χ4n) is 9.28. The lowest BCUT2D eigenvalue weighted by molar-refractivity contribution is 0.0582. The predicted octanol–water partition coefficient (Wildman–Crippen LogP) is 3.79. The number of ether oxygens (including phenoxy) is 6. The quantitative estimate of drug-likeness (QED) is 0.295. The van der Waals surface area contributed by atoms with Gasteiger partial charge < -0.3 is 47.4 Å². The molecular formula is C44H48N4O10. The van der Waals surface area contributed by atoms with Crippen molar-refractivity contribution < 1.29 is 38.0 Å². The number of aromatic nitrogens is 2. The number of piperidine rings is 2. The van der Waals surface area contributed by atoms with E-state index in [4.69, 9.17) is 28.4 Å². The molecule has 5 aliphatic rings. The zero-order chi connectivity index (χ0) is 39.6. The van der Waals surface area contributed by atoms with Crippen molar-refractivity contribution in [3.8, 4) is 23.0 Å². The van der Waals surface area contributed by atoms with Crippen LogP contribution < -0.4 is 30.1 Å². The Morgan fingerprint density at radius 1 is 0.466 bits per heavy atom. The van der Waals surface area contributed by atoms with Crippen molar-refractivity contribution in [1.82, 2.24) is 18.9 Å². The highest BCUT2D eigenvalue weighted by molar-refractivity contribution is 5.95. The summed E-state index contributed by atoms with van der Waals surface area (Å²) in [7, 11) is 0. The van der Waals surface area contributed by atoms with E-state index in [-0.39, 0.29) is 99.5 Å². The second kappa shape index (κ2) is 16.7. The van der Waals surface area contributed by atoms with E-state index in [1.165, 1.54) is 0 Å². The highest BCUT2D eigenvalue weighted by Gasteiger charge is 2.38. The van der Waals surface area contributed by atoms with Gasteiger partial charge in [0.25, 0.3) is 22.9 Å². The SMILES string of the molecule is O=C(c1ccc2c(c1)OCCOCCOc1ccc(C(=O)N3C[C@H]4C[C@@H](C3)c3cccc(=O)n3C4)cc1OCCOCCO2)N1CC2CC(C1)c1cccc(=O)n1C2. The minimum Gasteiger partial charge on any atom is -0.487 e. The molecule has 0 N–H and O–H groups in total. The lowest BCUT2D eigenvalue weighted by Crippen LogP contribution is -2.49. The molecule has 9 rings (SSSR count). The van der Waals surface area contributed by atoms with Crippen molar-refractivity contribution in [2.45, 2.75) is 37.8 Å². The van der Waals surface area contributed by atoms with Gasteiger partial charge in [0.15, 0.2) is 23.0 Å². The highest BCUT2D eigenvalue weighted by Crippen LogP contribution is 2.38. The third-order valence-electron chi connectivity index (χ3n) is 11.9. The van der Waals surface area contributed by atoms with Crippen molar-refractivity contribution in [2.24, 2.45) is 11.8 Å². The number of rotatable bonds is 2. The summed E-state index contributed by atoms with van der Waals surface area (Å²) in [5.41, 5.74) is 3.02. The van der Waals surface area contributed by atoms with Crippen LogP contribution in [-0.4, -0.2) is 110 Å². The molecule has 2 fully saturated rings. The lowest BCUT2D eigenvalue weighted by atomic mass is 9.83. The molecule has 2 aromatic heterocycles. The maximum absolute atomic E-state index is 13.8. The first-order chi connectivity index (χ1) is 28.4. The Morgan fingerprint density at radius 3 is 1.31 bits per heavy atom. The average Bonchev–Trinajstić information content (AvgIpc) is 3.23. The van der Waals surface area contributed by atoms with Crippen LogP contribution in [0.4, 0.5) is 0 Å². The number of likely N-dealkylation sites (tertiary alicyclic amines) is 2. The van der Waals surface area contributed by atoms with Gasteiger partial charge in [-0.05, 0) is 73.2 Å². The molecule has 0 saturated carbocycles. The van der Waals surface area contributed by atoms with E-state index in [0.29, 0.717) is 73.4 Å². The van der Waals surface area contributed by atoms with Gasteiger partial charge in [-0.3, -0.25) is 19.2 Å². The van der Waals surface area contributed by atoms with Gasteiger partial charge in [0.2, 0.25) is 0 Å². The molecule has 2 aromatic carbocycles. The number of pyridine rings is 2. The second-order valence-electron chi connectivity index (χ2n) is 15.8. The van der Waals surface area contributed by atoms with E-state index < -0.39 is 0 Å². The van der Waals surface area contributed by atoms with Gasteiger partial charge in [0, 0.05) is 85.8 Å². The molecule has 5 aliphatic heterocycles. The number of amides is 2. The Kier molecular flexibility index (Phi) is 10.9. The fraction of sp³-hybridized carbons (Fsp3) is 0.455. The van der Waals surface area contributed by atoms with Crippen LogP contribution in [0.1, 0.15) is 56.8 Å². The minimum absolute atomic E-state index is 0.0148. The van der Waals surface area contributed by atoms with Crippen LogP contribution in [0, 0.1) is 11.8 Å². The van der Waals surface area contributed by atoms with Crippen LogP contribution in [0.15, 0.2) is 82.4 Å². The monoisotopic (exact) mass is 792 g/mol. The van der Waals surface area contributed by atoms with Crippen LogP contribution in [0.3, 0.4) is 0 Å². The van der Waals surface area contributed by atoms with Crippen molar-refractivity contribution >= 4 is 11.8 Å². The number of nitrogens with zero attached hydrogens (tertiary/aromatic N) is 4. The van der Waals surface area contributed by atoms with Crippen molar-refractivity contribution in [2.75, 3.05) is 79.0 Å². The average molecular weight is 793 g/mol. The second-order valence-corrected chi connectivity index (χ2v) is 15.8. The van der Waals surface area contributed by atoms with Gasteiger partial charge in [-0.15, -0.1) is 0 Å². The number of carbonyl (C=O) groups excluding carboxylic acids is 2. The maximum atomic E-state index is 13.8. The molecule has 4 atom stereocenters. The first-order valence-electron chi connectivity index (χ1n) is 20.3. The summed E-state index contributed by atoms with van der Waals surface area (Å²) in [4.78, 5) is 56.4. The summed E-state index contributed by atoms with van der Waals surface area (Å²) >= 11 is 0. The molecule has 58 heavy (non-hydrogen) atoms. The molecular weight excluding hydrogens is 745 g/mol. The molecule has 4 bridgehead atoms. The van der Waals surface area contributed by atoms with Gasteiger partial charge in [0.05, 0.1) is 26.4 Å². The summed E-state index contributed by atoms with van der Waals surface area (Å²) in [5, 5.41) is 0. The Bertz CT molecular complexity index is 2130. The third kappa shape index (κ3) is 7.95. The number of carbonyl (C=O) groups is 2. The zero-order valence-electron chi connectivity index (χ0n) is 32.4. The molecule has 0 spiro atoms. The normalized spacial score (nSPS) is 23.4. The Morgan fingerprint density at radius 2 is 0.879 bits per heavy atom. The Labute approximate surface area is 335 Å². The molecule has 14 heteroatoms. The van der Waals surface area contributed by atoms with Crippen LogP contribution >= 0.6 is 0 Å². The summed E-state index contributed by atoms with van der Waals surface area (Å²) in [6, 6.07) is 21.3. The molecule has 2 unspecified atom stereocenters. The molecule has 4 aromatic rings. The standard InChI is InChI=1S/C44H48N4O10/c49-41-5-1-3-35-33-19-29(25-47(35)41)23-45(27-33)43(51)31-7-9-37-39(21-31)57-17-13-53-12-16-56-38-10-8-32(22-40(38)58-18-14-54-11-15-55-37)44(52)46-24-30-20-34(28-46)36-4-2-6-42(50)48(36)26-30/h1-10,21-22,29-30,33-34H,11-20,23-28H2/t29-,30?,33+,34?/m1/s1. The van der Waals surface area contributed by atoms with Gasteiger partial charge >= 0.3 is 0 Å². The predicted molar refractivity (Wildman–Crippen MR) is 211 cm³/mol. The van der Waals surface area contributed by atoms with Crippen LogP contribution in [0.5, 0.6) is 23.0 Å². The number of hydrogen-bond donors (Lipinski definition) is 0. The highest BCUT2D eigenvalue weighted by atomic mass is 16.6. The Balaban J connectivity index is 0.820. The molecule has 2 saturated heterocycles. The smallest absolute Gasteiger partial charge is 0.254 e. The minimum atomic E-state index is -0.0835. The first kappa shape index (κ1) is 37.9. The summed E-state index contributed by atoms with van der Waals surface area (Å²) < 4.78 is 39.8. The van der Waals surface area contributed by atoms with Crippen molar-refractivity contribution in [1.29, 1.82) is 0 Å². The topological polar surface area (TPSA) is 140 Å². The maximum Gasteiger partial charge on any atom is 0.254 e. The van der Waals surface area contributed by atoms with E-state index in [1.807, 2.05) is 31.1 Å². The summed E-state index contributed by atoms with van der Waals surface area (Å²) in [6.45, 7) is 5.53. The molecule has 14 nitrogen and oxygen atoms in total. The Hall–Kier alpha value is -5.60. The number of fused-ring (bicyclic) bond motifs is 10. The van der Waals surface area contributed by atoms with Crippen LogP contribution in [-0.2, 0) is 22.6 Å². The van der Waals surface area contributed by atoms with Crippen LogP contribution in [0.2, 0.25) is 0 Å². The van der Waals surface area contributed by atoms with Crippen molar-refractivity contribution in [3.05, 3.63) is 116 Å². The van der Waals surface area contributed by atoms with Gasteiger partial charge in [-0.25, -0.2) is 0 Å². The molecule has 0 aliphatic carbocycles. The molecule has 2 amide bonds. The summed E-state index contributed by atoms with van der Waals surface area (Å²) in [6.07, 6.45) is 1.93. The largest absolute Gasteiger partial charge is 0.487 e.